The first-order valence-corrected chi connectivity index (χ1v) is 4.86. The third-order valence-electron chi connectivity index (χ3n) is 3.03. The van der Waals surface area contributed by atoms with Crippen molar-refractivity contribution < 1.29 is 13.5 Å². The Labute approximate surface area is 87.0 Å². The van der Waals surface area contributed by atoms with E-state index in [9.17, 15) is 8.78 Å². The molecule has 1 aliphatic carbocycles. The molecule has 82 valence electrons. The second kappa shape index (κ2) is 3.45. The van der Waals surface area contributed by atoms with Crippen LogP contribution >= 0.6 is 0 Å². The molecule has 1 aromatic carbocycles. The number of hydrogen-bond acceptors (Lipinski definition) is 2. The van der Waals surface area contributed by atoms with Gasteiger partial charge in [-0.2, -0.15) is 0 Å². The molecule has 0 bridgehead atoms. The van der Waals surface area contributed by atoms with Crippen molar-refractivity contribution >= 4 is 0 Å². The maximum atomic E-state index is 13.6. The predicted octanol–water partition coefficient (Wildman–Crippen LogP) is 1.96. The fourth-order valence-corrected chi connectivity index (χ4v) is 1.88. The maximum Gasteiger partial charge on any atom is 0.133 e. The highest BCUT2D eigenvalue weighted by molar-refractivity contribution is 5.39. The second-order valence-corrected chi connectivity index (χ2v) is 3.95. The monoisotopic (exact) mass is 213 g/mol. The molecule has 0 unspecified atom stereocenters. The first-order valence-electron chi connectivity index (χ1n) is 4.86. The molecule has 0 atom stereocenters. The van der Waals surface area contributed by atoms with Gasteiger partial charge in [-0.25, -0.2) is 8.78 Å². The van der Waals surface area contributed by atoms with Crippen molar-refractivity contribution in [1.82, 2.24) is 0 Å². The summed E-state index contributed by atoms with van der Waals surface area (Å²) in [5, 5.41) is 0. The standard InChI is InChI=1S/C11H13F2NO/c1-15-7-4-8(12)10(9(13)5-7)11(6-14)2-3-11/h4-5H,2-3,6,14H2,1H3. The molecule has 1 aromatic rings. The molecule has 0 saturated heterocycles. The van der Waals surface area contributed by atoms with Crippen molar-refractivity contribution in [2.75, 3.05) is 13.7 Å². The summed E-state index contributed by atoms with van der Waals surface area (Å²) in [6, 6.07) is 2.41. The van der Waals surface area contributed by atoms with Crippen molar-refractivity contribution in [3.05, 3.63) is 29.3 Å². The van der Waals surface area contributed by atoms with E-state index < -0.39 is 17.0 Å². The summed E-state index contributed by atoms with van der Waals surface area (Å²) in [7, 11) is 1.38. The number of halogens is 2. The Kier molecular flexibility index (Phi) is 2.38. The van der Waals surface area contributed by atoms with Crippen LogP contribution in [0.3, 0.4) is 0 Å². The normalized spacial score (nSPS) is 17.6. The predicted molar refractivity (Wildman–Crippen MR) is 52.9 cm³/mol. The smallest absolute Gasteiger partial charge is 0.133 e. The van der Waals surface area contributed by atoms with Crippen LogP contribution in [-0.2, 0) is 5.41 Å². The summed E-state index contributed by atoms with van der Waals surface area (Å²) in [6.07, 6.45) is 1.51. The van der Waals surface area contributed by atoms with E-state index in [2.05, 4.69) is 0 Å². The van der Waals surface area contributed by atoms with Crippen LogP contribution in [-0.4, -0.2) is 13.7 Å². The number of benzene rings is 1. The van der Waals surface area contributed by atoms with Crippen molar-refractivity contribution in [2.45, 2.75) is 18.3 Å². The molecule has 1 aliphatic rings. The van der Waals surface area contributed by atoms with Gasteiger partial charge in [0, 0.05) is 29.7 Å². The second-order valence-electron chi connectivity index (χ2n) is 3.95. The zero-order valence-electron chi connectivity index (χ0n) is 8.52. The molecule has 0 radical (unpaired) electrons. The van der Waals surface area contributed by atoms with Crippen molar-refractivity contribution in [3.63, 3.8) is 0 Å². The van der Waals surface area contributed by atoms with Gasteiger partial charge in [-0.15, -0.1) is 0 Å². The molecule has 2 rings (SSSR count). The van der Waals surface area contributed by atoms with Gasteiger partial charge in [-0.3, -0.25) is 0 Å². The highest BCUT2D eigenvalue weighted by Crippen LogP contribution is 2.49. The average molecular weight is 213 g/mol. The zero-order valence-corrected chi connectivity index (χ0v) is 8.52. The molecular weight excluding hydrogens is 200 g/mol. The van der Waals surface area contributed by atoms with E-state index in [1.54, 1.807) is 0 Å². The lowest BCUT2D eigenvalue weighted by molar-refractivity contribution is 0.403. The number of ether oxygens (including phenoxy) is 1. The first kappa shape index (κ1) is 10.4. The third-order valence-corrected chi connectivity index (χ3v) is 3.03. The maximum absolute atomic E-state index is 13.6. The summed E-state index contributed by atoms with van der Waals surface area (Å²) in [5.74, 6) is -0.925. The minimum atomic E-state index is -0.560. The van der Waals surface area contributed by atoms with Gasteiger partial charge in [0.1, 0.15) is 17.4 Å². The SMILES string of the molecule is COc1cc(F)c(C2(CN)CC2)c(F)c1. The Hall–Kier alpha value is -1.16. The molecule has 1 fully saturated rings. The average Bonchev–Trinajstić information content (AvgIpc) is 2.97. The van der Waals surface area contributed by atoms with Gasteiger partial charge < -0.3 is 10.5 Å². The number of nitrogens with two attached hydrogens (primary N) is 1. The molecule has 0 aliphatic heterocycles. The molecule has 2 N–H and O–H groups in total. The van der Waals surface area contributed by atoms with Crippen molar-refractivity contribution in [2.24, 2.45) is 5.73 Å². The Morgan fingerprint density at radius 3 is 2.20 bits per heavy atom. The minimum absolute atomic E-state index is 0.116. The summed E-state index contributed by atoms with van der Waals surface area (Å²) in [5.41, 5.74) is 5.19. The van der Waals surface area contributed by atoms with E-state index in [0.717, 1.165) is 12.8 Å². The highest BCUT2D eigenvalue weighted by Gasteiger charge is 2.46. The fourth-order valence-electron chi connectivity index (χ4n) is 1.88. The van der Waals surface area contributed by atoms with E-state index in [1.165, 1.54) is 19.2 Å². The Balaban J connectivity index is 2.48. The van der Waals surface area contributed by atoms with Crippen LogP contribution in [0.2, 0.25) is 0 Å². The van der Waals surface area contributed by atoms with Crippen LogP contribution in [0.1, 0.15) is 18.4 Å². The van der Waals surface area contributed by atoms with E-state index in [-0.39, 0.29) is 17.9 Å². The van der Waals surface area contributed by atoms with E-state index in [0.29, 0.717) is 0 Å². The summed E-state index contributed by atoms with van der Waals surface area (Å²) in [4.78, 5) is 0. The Morgan fingerprint density at radius 2 is 1.87 bits per heavy atom. The van der Waals surface area contributed by atoms with Crippen LogP contribution in [0.25, 0.3) is 0 Å². The van der Waals surface area contributed by atoms with E-state index in [4.69, 9.17) is 10.5 Å². The molecule has 2 nitrogen and oxygen atoms in total. The molecule has 0 amide bonds. The van der Waals surface area contributed by atoms with E-state index in [1.807, 2.05) is 0 Å². The molecule has 4 heteroatoms. The largest absolute Gasteiger partial charge is 0.497 e. The lowest BCUT2D eigenvalue weighted by Gasteiger charge is -2.15. The number of rotatable bonds is 3. The third kappa shape index (κ3) is 1.59. The van der Waals surface area contributed by atoms with Gasteiger partial charge >= 0.3 is 0 Å². The molecule has 15 heavy (non-hydrogen) atoms. The summed E-state index contributed by atoms with van der Waals surface area (Å²) in [6.45, 7) is 0.285. The number of methoxy groups -OCH3 is 1. The van der Waals surface area contributed by atoms with Gasteiger partial charge in [0.15, 0.2) is 0 Å². The fraction of sp³-hybridized carbons (Fsp3) is 0.455. The molecular formula is C11H13F2NO. The Bertz CT molecular complexity index is 365. The highest BCUT2D eigenvalue weighted by atomic mass is 19.1. The molecule has 0 spiro atoms. The molecule has 1 saturated carbocycles. The van der Waals surface area contributed by atoms with Gasteiger partial charge in [0.05, 0.1) is 7.11 Å². The van der Waals surface area contributed by atoms with Crippen molar-refractivity contribution in [1.29, 1.82) is 0 Å². The topological polar surface area (TPSA) is 35.2 Å². The molecule has 0 aromatic heterocycles. The summed E-state index contributed by atoms with van der Waals surface area (Å²) < 4.78 is 32.1. The summed E-state index contributed by atoms with van der Waals surface area (Å²) >= 11 is 0. The molecule has 0 heterocycles. The van der Waals surface area contributed by atoms with Gasteiger partial charge in [-0.1, -0.05) is 0 Å². The minimum Gasteiger partial charge on any atom is -0.497 e. The van der Waals surface area contributed by atoms with Crippen LogP contribution in [0.15, 0.2) is 12.1 Å². The zero-order chi connectivity index (χ0) is 11.1. The Morgan fingerprint density at radius 1 is 1.33 bits per heavy atom. The lowest BCUT2D eigenvalue weighted by atomic mass is 9.95. The van der Waals surface area contributed by atoms with Crippen LogP contribution in [0.4, 0.5) is 8.78 Å². The van der Waals surface area contributed by atoms with Crippen molar-refractivity contribution in [3.8, 4) is 5.75 Å². The first-order chi connectivity index (χ1) is 7.13. The van der Waals surface area contributed by atoms with Crippen LogP contribution < -0.4 is 10.5 Å². The van der Waals surface area contributed by atoms with E-state index >= 15 is 0 Å². The lowest BCUT2D eigenvalue weighted by Crippen LogP contribution is -2.22. The van der Waals surface area contributed by atoms with Gasteiger partial charge in [-0.05, 0) is 12.8 Å². The number of hydrogen-bond donors (Lipinski definition) is 1. The van der Waals surface area contributed by atoms with Gasteiger partial charge in [0.2, 0.25) is 0 Å². The quantitative estimate of drug-likeness (QED) is 0.833. The van der Waals surface area contributed by atoms with Gasteiger partial charge in [0.25, 0.3) is 0 Å². The van der Waals surface area contributed by atoms with Crippen LogP contribution in [0, 0.1) is 11.6 Å². The van der Waals surface area contributed by atoms with Crippen LogP contribution in [0.5, 0.6) is 5.75 Å².